The number of esters is 1. The molecule has 0 aliphatic rings. The lowest BCUT2D eigenvalue weighted by molar-refractivity contribution is 0.0601. The van der Waals surface area contributed by atoms with Gasteiger partial charge in [0.2, 0.25) is 0 Å². The maximum Gasteiger partial charge on any atom is 0.341 e. The fourth-order valence-electron chi connectivity index (χ4n) is 3.74. The summed E-state index contributed by atoms with van der Waals surface area (Å²) in [6.45, 7) is 3.39. The van der Waals surface area contributed by atoms with Crippen molar-refractivity contribution in [3.8, 4) is 16.9 Å². The number of primary amides is 1. The van der Waals surface area contributed by atoms with Gasteiger partial charge >= 0.3 is 5.97 Å². The highest BCUT2D eigenvalue weighted by Crippen LogP contribution is 2.35. The molecule has 8 nitrogen and oxygen atoms in total. The molecule has 4 rings (SSSR count). The van der Waals surface area contributed by atoms with Gasteiger partial charge in [-0.15, -0.1) is 11.3 Å². The topological polar surface area (TPSA) is 116 Å². The Balaban J connectivity index is 1.85. The van der Waals surface area contributed by atoms with E-state index in [2.05, 4.69) is 5.32 Å². The van der Waals surface area contributed by atoms with Crippen molar-refractivity contribution >= 4 is 34.1 Å². The number of carbonyl (C=O) groups is 3. The molecule has 0 unspecified atom stereocenters. The molecule has 0 saturated carbocycles. The van der Waals surface area contributed by atoms with Crippen LogP contribution >= 0.6 is 11.3 Å². The summed E-state index contributed by atoms with van der Waals surface area (Å²) in [5, 5.41) is 7.71. The molecule has 2 amide bonds. The summed E-state index contributed by atoms with van der Waals surface area (Å²) < 4.78 is 6.57. The van der Waals surface area contributed by atoms with Gasteiger partial charge in [-0.1, -0.05) is 48.5 Å². The Bertz CT molecular complexity index is 1390. The number of ether oxygens (including phenoxy) is 1. The molecule has 2 aromatic heterocycles. The maximum atomic E-state index is 13.6. The van der Waals surface area contributed by atoms with Gasteiger partial charge in [-0.3, -0.25) is 9.59 Å². The van der Waals surface area contributed by atoms with E-state index in [0.717, 1.165) is 22.6 Å². The summed E-state index contributed by atoms with van der Waals surface area (Å²) in [5.41, 5.74) is 8.94. The lowest BCUT2D eigenvalue weighted by Gasteiger charge is -2.08. The number of anilines is 1. The number of para-hydroxylation sites is 1. The third-order valence-corrected chi connectivity index (χ3v) is 6.60. The van der Waals surface area contributed by atoms with E-state index in [0.29, 0.717) is 22.5 Å². The summed E-state index contributed by atoms with van der Waals surface area (Å²) in [6.07, 6.45) is 0. The van der Waals surface area contributed by atoms with E-state index >= 15 is 0 Å². The second-order valence-electron chi connectivity index (χ2n) is 7.49. The first kappa shape index (κ1) is 22.9. The zero-order valence-electron chi connectivity index (χ0n) is 18.8. The second kappa shape index (κ2) is 9.32. The zero-order chi connectivity index (χ0) is 24.4. The van der Waals surface area contributed by atoms with Crippen molar-refractivity contribution < 1.29 is 19.1 Å². The molecule has 0 radical (unpaired) electrons. The monoisotopic (exact) mass is 474 g/mol. The number of nitrogens with zero attached hydrogens (tertiary/aromatic N) is 2. The van der Waals surface area contributed by atoms with Crippen LogP contribution in [0.25, 0.3) is 16.9 Å². The van der Waals surface area contributed by atoms with Crippen LogP contribution in [0.3, 0.4) is 0 Å². The molecule has 0 saturated heterocycles. The van der Waals surface area contributed by atoms with Crippen LogP contribution in [0.2, 0.25) is 0 Å². The number of aromatic nitrogens is 2. The number of methoxy groups -OCH3 is 1. The van der Waals surface area contributed by atoms with Crippen molar-refractivity contribution in [2.75, 3.05) is 12.4 Å². The Kier molecular flexibility index (Phi) is 6.29. The van der Waals surface area contributed by atoms with Gasteiger partial charge in [-0.05, 0) is 31.5 Å². The second-order valence-corrected chi connectivity index (χ2v) is 8.51. The minimum atomic E-state index is -0.689. The van der Waals surface area contributed by atoms with Crippen LogP contribution < -0.4 is 11.1 Å². The van der Waals surface area contributed by atoms with Crippen LogP contribution in [0, 0.1) is 13.8 Å². The quantitative estimate of drug-likeness (QED) is 0.403. The zero-order valence-corrected chi connectivity index (χ0v) is 19.6. The predicted molar refractivity (Wildman–Crippen MR) is 131 cm³/mol. The molecule has 0 aliphatic carbocycles. The highest BCUT2D eigenvalue weighted by molar-refractivity contribution is 7.18. The van der Waals surface area contributed by atoms with Gasteiger partial charge in [0, 0.05) is 5.56 Å². The smallest absolute Gasteiger partial charge is 0.341 e. The molecule has 0 fully saturated rings. The summed E-state index contributed by atoms with van der Waals surface area (Å²) in [4.78, 5) is 38.1. The van der Waals surface area contributed by atoms with E-state index in [1.165, 1.54) is 7.11 Å². The van der Waals surface area contributed by atoms with E-state index in [-0.39, 0.29) is 15.4 Å². The summed E-state index contributed by atoms with van der Waals surface area (Å²) >= 11 is 0.937. The average Bonchev–Trinajstić information content (AvgIpc) is 3.36. The minimum Gasteiger partial charge on any atom is -0.465 e. The molecule has 9 heteroatoms. The maximum absolute atomic E-state index is 13.6. The number of nitrogens with one attached hydrogen (secondary N) is 1. The average molecular weight is 475 g/mol. The standard InChI is InChI=1S/C25H22N4O4S/c1-14-18(25(32)33-3)24(34-21(14)22(26)30)27-23(31)19-15(2)29(17-12-8-5-9-13-17)28-20(19)16-10-6-4-7-11-16/h4-13H,1-3H3,(H2,26,30)(H,27,31). The fourth-order valence-corrected chi connectivity index (χ4v) is 4.78. The van der Waals surface area contributed by atoms with Gasteiger partial charge in [-0.25, -0.2) is 9.48 Å². The van der Waals surface area contributed by atoms with Gasteiger partial charge < -0.3 is 15.8 Å². The molecule has 0 atom stereocenters. The van der Waals surface area contributed by atoms with Crippen LogP contribution in [-0.2, 0) is 4.74 Å². The molecule has 2 aromatic carbocycles. The Hall–Kier alpha value is -4.24. The van der Waals surface area contributed by atoms with Crippen LogP contribution in [0.5, 0.6) is 0 Å². The van der Waals surface area contributed by atoms with Crippen molar-refractivity contribution in [3.63, 3.8) is 0 Å². The summed E-state index contributed by atoms with van der Waals surface area (Å²) in [5.74, 6) is -1.83. The van der Waals surface area contributed by atoms with E-state index in [1.807, 2.05) is 60.7 Å². The lowest BCUT2D eigenvalue weighted by atomic mass is 10.1. The van der Waals surface area contributed by atoms with E-state index in [1.54, 1.807) is 18.5 Å². The fraction of sp³-hybridized carbons (Fsp3) is 0.120. The third-order valence-electron chi connectivity index (χ3n) is 5.38. The first-order valence-electron chi connectivity index (χ1n) is 10.4. The van der Waals surface area contributed by atoms with Gasteiger partial charge in [0.15, 0.2) is 0 Å². The van der Waals surface area contributed by atoms with Crippen molar-refractivity contribution in [2.45, 2.75) is 13.8 Å². The Morgan fingerprint density at radius 2 is 1.59 bits per heavy atom. The number of hydrogen-bond donors (Lipinski definition) is 2. The molecule has 34 heavy (non-hydrogen) atoms. The predicted octanol–water partition coefficient (Wildman–Crippen LogP) is 4.36. The largest absolute Gasteiger partial charge is 0.465 e. The number of benzene rings is 2. The Morgan fingerprint density at radius 3 is 2.18 bits per heavy atom. The van der Waals surface area contributed by atoms with Crippen molar-refractivity contribution in [1.29, 1.82) is 0 Å². The number of rotatable bonds is 6. The van der Waals surface area contributed by atoms with Gasteiger partial charge in [0.1, 0.15) is 10.7 Å². The summed E-state index contributed by atoms with van der Waals surface area (Å²) in [6, 6.07) is 18.8. The van der Waals surface area contributed by atoms with Crippen molar-refractivity contribution in [2.24, 2.45) is 5.73 Å². The number of nitrogens with two attached hydrogens (primary N) is 1. The number of hydrogen-bond acceptors (Lipinski definition) is 6. The third kappa shape index (κ3) is 4.08. The van der Waals surface area contributed by atoms with E-state index in [9.17, 15) is 14.4 Å². The van der Waals surface area contributed by atoms with E-state index in [4.69, 9.17) is 15.6 Å². The lowest BCUT2D eigenvalue weighted by Crippen LogP contribution is -2.16. The van der Waals surface area contributed by atoms with Gasteiger partial charge in [-0.2, -0.15) is 5.10 Å². The van der Waals surface area contributed by atoms with Crippen LogP contribution in [0.4, 0.5) is 5.00 Å². The molecular weight excluding hydrogens is 452 g/mol. The number of thiophene rings is 1. The molecular formula is C25H22N4O4S. The van der Waals surface area contributed by atoms with Crippen LogP contribution in [-0.4, -0.2) is 34.7 Å². The molecule has 172 valence electrons. The SMILES string of the molecule is COC(=O)c1c(NC(=O)c2c(-c3ccccc3)nn(-c3ccccc3)c2C)sc(C(N)=O)c1C. The minimum absolute atomic E-state index is 0.101. The van der Waals surface area contributed by atoms with Crippen molar-refractivity contribution in [3.05, 3.63) is 87.9 Å². The molecule has 2 heterocycles. The first-order valence-corrected chi connectivity index (χ1v) is 11.2. The number of amides is 2. The van der Waals surface area contributed by atoms with Gasteiger partial charge in [0.25, 0.3) is 11.8 Å². The van der Waals surface area contributed by atoms with Crippen LogP contribution in [0.15, 0.2) is 60.7 Å². The number of carbonyl (C=O) groups excluding carboxylic acids is 3. The molecule has 0 spiro atoms. The van der Waals surface area contributed by atoms with Crippen LogP contribution in [0.1, 0.15) is 41.6 Å². The summed E-state index contributed by atoms with van der Waals surface area (Å²) in [7, 11) is 1.23. The van der Waals surface area contributed by atoms with Gasteiger partial charge in [0.05, 0.1) is 34.5 Å². The van der Waals surface area contributed by atoms with Crippen molar-refractivity contribution in [1.82, 2.24) is 9.78 Å². The molecule has 0 aliphatic heterocycles. The first-order chi connectivity index (χ1) is 16.3. The molecule has 3 N–H and O–H groups in total. The highest BCUT2D eigenvalue weighted by atomic mass is 32.1. The van der Waals surface area contributed by atoms with E-state index < -0.39 is 17.8 Å². The normalized spacial score (nSPS) is 10.7. The molecule has 4 aromatic rings. The molecule has 0 bridgehead atoms. The Morgan fingerprint density at radius 1 is 0.971 bits per heavy atom. The Labute approximate surface area is 200 Å². The highest BCUT2D eigenvalue weighted by Gasteiger charge is 2.28.